The number of halogens is 1. The number of nitrogens with two attached hydrogens (primary N) is 1. The van der Waals surface area contributed by atoms with E-state index in [1.54, 1.807) is 37.3 Å². The van der Waals surface area contributed by atoms with Gasteiger partial charge in [-0.15, -0.1) is 0 Å². The number of primary sulfonamides is 1. The zero-order chi connectivity index (χ0) is 13.3. The van der Waals surface area contributed by atoms with E-state index in [1.807, 2.05) is 0 Å². The number of benzene rings is 2. The van der Waals surface area contributed by atoms with Crippen LogP contribution in [0.5, 0.6) is 0 Å². The van der Waals surface area contributed by atoms with Crippen LogP contribution in [0.25, 0.3) is 11.1 Å². The molecule has 0 aliphatic rings. The third kappa shape index (κ3) is 2.27. The van der Waals surface area contributed by atoms with Crippen molar-refractivity contribution in [2.45, 2.75) is 11.8 Å². The molecule has 2 N–H and O–H groups in total. The second-order valence-electron chi connectivity index (χ2n) is 3.95. The van der Waals surface area contributed by atoms with Crippen molar-refractivity contribution < 1.29 is 12.8 Å². The van der Waals surface area contributed by atoms with Crippen molar-refractivity contribution in [3.8, 4) is 11.1 Å². The average molecular weight is 265 g/mol. The lowest BCUT2D eigenvalue weighted by atomic mass is 10.0. The molecule has 0 radical (unpaired) electrons. The SMILES string of the molecule is Cc1c(-c2ccccc2F)cccc1S(N)(=O)=O. The maximum absolute atomic E-state index is 13.7. The van der Waals surface area contributed by atoms with Crippen molar-refractivity contribution in [3.63, 3.8) is 0 Å². The Kier molecular flexibility index (Phi) is 3.19. The van der Waals surface area contributed by atoms with E-state index in [4.69, 9.17) is 5.14 Å². The van der Waals surface area contributed by atoms with Crippen molar-refractivity contribution in [2.24, 2.45) is 5.14 Å². The Morgan fingerprint density at radius 1 is 1.00 bits per heavy atom. The topological polar surface area (TPSA) is 60.2 Å². The summed E-state index contributed by atoms with van der Waals surface area (Å²) >= 11 is 0. The summed E-state index contributed by atoms with van der Waals surface area (Å²) in [6, 6.07) is 10.8. The molecular weight excluding hydrogens is 253 g/mol. The first kappa shape index (κ1) is 12.7. The van der Waals surface area contributed by atoms with Crippen molar-refractivity contribution >= 4 is 10.0 Å². The highest BCUT2D eigenvalue weighted by atomic mass is 32.2. The van der Waals surface area contributed by atoms with Gasteiger partial charge in [-0.25, -0.2) is 17.9 Å². The molecule has 94 valence electrons. The van der Waals surface area contributed by atoms with E-state index in [-0.39, 0.29) is 4.90 Å². The number of hydrogen-bond acceptors (Lipinski definition) is 2. The van der Waals surface area contributed by atoms with Crippen LogP contribution < -0.4 is 5.14 Å². The fraction of sp³-hybridized carbons (Fsp3) is 0.0769. The number of rotatable bonds is 2. The van der Waals surface area contributed by atoms with E-state index in [2.05, 4.69) is 0 Å². The molecule has 0 saturated carbocycles. The van der Waals surface area contributed by atoms with Gasteiger partial charge in [-0.1, -0.05) is 30.3 Å². The molecule has 0 fully saturated rings. The Labute approximate surface area is 105 Å². The monoisotopic (exact) mass is 265 g/mol. The molecule has 0 bridgehead atoms. The molecule has 2 rings (SSSR count). The molecule has 0 amide bonds. The molecule has 2 aromatic carbocycles. The summed E-state index contributed by atoms with van der Waals surface area (Å²) in [6.07, 6.45) is 0. The van der Waals surface area contributed by atoms with E-state index in [1.165, 1.54) is 12.1 Å². The minimum atomic E-state index is -3.80. The third-order valence-corrected chi connectivity index (χ3v) is 3.81. The predicted molar refractivity (Wildman–Crippen MR) is 67.9 cm³/mol. The minimum Gasteiger partial charge on any atom is -0.225 e. The lowest BCUT2D eigenvalue weighted by Crippen LogP contribution is -2.14. The number of hydrogen-bond donors (Lipinski definition) is 1. The van der Waals surface area contributed by atoms with Gasteiger partial charge >= 0.3 is 0 Å². The normalized spacial score (nSPS) is 11.5. The van der Waals surface area contributed by atoms with Crippen molar-refractivity contribution in [1.29, 1.82) is 0 Å². The standard InChI is InChI=1S/C13H12FNO2S/c1-9-10(11-5-2-3-7-12(11)14)6-4-8-13(9)18(15,16)17/h2-8H,1H3,(H2,15,16,17). The molecule has 5 heteroatoms. The predicted octanol–water partition coefficient (Wildman–Crippen LogP) is 2.45. The fourth-order valence-corrected chi connectivity index (χ4v) is 2.70. The van der Waals surface area contributed by atoms with Crippen LogP contribution in [0.1, 0.15) is 5.56 Å². The quantitative estimate of drug-likeness (QED) is 0.906. The van der Waals surface area contributed by atoms with E-state index < -0.39 is 15.8 Å². The first-order valence-electron chi connectivity index (χ1n) is 5.28. The Morgan fingerprint density at radius 2 is 1.61 bits per heavy atom. The molecule has 0 heterocycles. The summed E-state index contributed by atoms with van der Waals surface area (Å²) in [5.41, 5.74) is 1.34. The Balaban J connectivity index is 2.72. The Hall–Kier alpha value is -1.72. The zero-order valence-corrected chi connectivity index (χ0v) is 10.5. The first-order chi connectivity index (χ1) is 8.41. The summed E-state index contributed by atoms with van der Waals surface area (Å²) in [5, 5.41) is 5.12. The molecule has 0 aromatic heterocycles. The van der Waals surface area contributed by atoms with Gasteiger partial charge in [-0.05, 0) is 30.2 Å². The van der Waals surface area contributed by atoms with Gasteiger partial charge in [-0.3, -0.25) is 0 Å². The summed E-state index contributed by atoms with van der Waals surface area (Å²) in [5.74, 6) is -0.396. The average Bonchev–Trinajstić information content (AvgIpc) is 2.29. The summed E-state index contributed by atoms with van der Waals surface area (Å²) in [6.45, 7) is 1.61. The number of sulfonamides is 1. The molecule has 18 heavy (non-hydrogen) atoms. The van der Waals surface area contributed by atoms with Crippen LogP contribution in [-0.2, 0) is 10.0 Å². The highest BCUT2D eigenvalue weighted by Gasteiger charge is 2.15. The maximum atomic E-state index is 13.7. The van der Waals surface area contributed by atoms with Gasteiger partial charge in [0.1, 0.15) is 5.82 Å². The van der Waals surface area contributed by atoms with Crippen molar-refractivity contribution in [2.75, 3.05) is 0 Å². The van der Waals surface area contributed by atoms with Gasteiger partial charge in [0.05, 0.1) is 4.90 Å². The summed E-state index contributed by atoms with van der Waals surface area (Å²) < 4.78 is 36.5. The summed E-state index contributed by atoms with van der Waals surface area (Å²) in [7, 11) is -3.80. The van der Waals surface area contributed by atoms with Gasteiger partial charge in [-0.2, -0.15) is 0 Å². The smallest absolute Gasteiger partial charge is 0.225 e. The molecule has 0 spiro atoms. The van der Waals surface area contributed by atoms with Crippen LogP contribution in [0, 0.1) is 12.7 Å². The Morgan fingerprint density at radius 3 is 2.22 bits per heavy atom. The van der Waals surface area contributed by atoms with Crippen LogP contribution >= 0.6 is 0 Å². The lowest BCUT2D eigenvalue weighted by molar-refractivity contribution is 0.597. The molecular formula is C13H12FNO2S. The molecule has 0 aliphatic carbocycles. The van der Waals surface area contributed by atoms with Gasteiger partial charge in [0, 0.05) is 5.56 Å². The van der Waals surface area contributed by atoms with Crippen LogP contribution in [0.2, 0.25) is 0 Å². The van der Waals surface area contributed by atoms with Crippen LogP contribution in [0.15, 0.2) is 47.4 Å². The molecule has 3 nitrogen and oxygen atoms in total. The second kappa shape index (κ2) is 4.51. The zero-order valence-electron chi connectivity index (χ0n) is 9.72. The Bertz CT molecular complexity index is 696. The van der Waals surface area contributed by atoms with Crippen molar-refractivity contribution in [3.05, 3.63) is 53.8 Å². The van der Waals surface area contributed by atoms with E-state index in [0.717, 1.165) is 0 Å². The summed E-state index contributed by atoms with van der Waals surface area (Å²) in [4.78, 5) is 0.0169. The first-order valence-corrected chi connectivity index (χ1v) is 6.83. The molecule has 0 saturated heterocycles. The fourth-order valence-electron chi connectivity index (χ4n) is 1.89. The molecule has 0 aliphatic heterocycles. The van der Waals surface area contributed by atoms with E-state index in [0.29, 0.717) is 16.7 Å². The molecule has 0 unspecified atom stereocenters. The van der Waals surface area contributed by atoms with Gasteiger partial charge < -0.3 is 0 Å². The molecule has 0 atom stereocenters. The van der Waals surface area contributed by atoms with Gasteiger partial charge in [0.25, 0.3) is 0 Å². The second-order valence-corrected chi connectivity index (χ2v) is 5.48. The maximum Gasteiger partial charge on any atom is 0.238 e. The largest absolute Gasteiger partial charge is 0.238 e. The van der Waals surface area contributed by atoms with Crippen molar-refractivity contribution in [1.82, 2.24) is 0 Å². The van der Waals surface area contributed by atoms with Gasteiger partial charge in [0.15, 0.2) is 0 Å². The minimum absolute atomic E-state index is 0.0169. The van der Waals surface area contributed by atoms with E-state index in [9.17, 15) is 12.8 Å². The van der Waals surface area contributed by atoms with E-state index >= 15 is 0 Å². The highest BCUT2D eigenvalue weighted by molar-refractivity contribution is 7.89. The third-order valence-electron chi connectivity index (χ3n) is 2.75. The van der Waals surface area contributed by atoms with Crippen LogP contribution in [0.4, 0.5) is 4.39 Å². The van der Waals surface area contributed by atoms with Crippen LogP contribution in [0.3, 0.4) is 0 Å². The van der Waals surface area contributed by atoms with Gasteiger partial charge in [0.2, 0.25) is 10.0 Å². The lowest BCUT2D eigenvalue weighted by Gasteiger charge is -2.10. The van der Waals surface area contributed by atoms with Crippen LogP contribution in [-0.4, -0.2) is 8.42 Å². The highest BCUT2D eigenvalue weighted by Crippen LogP contribution is 2.29. The molecule has 2 aromatic rings.